The monoisotopic (exact) mass is 461 g/mol. The minimum absolute atomic E-state index is 0.321. The number of benzene rings is 5. The summed E-state index contributed by atoms with van der Waals surface area (Å²) in [5.74, 6) is 0. The average molecular weight is 462 g/mol. The predicted molar refractivity (Wildman–Crippen MR) is 148 cm³/mol. The van der Waals surface area contributed by atoms with Crippen molar-refractivity contribution in [3.63, 3.8) is 0 Å². The van der Waals surface area contributed by atoms with Gasteiger partial charge in [0.05, 0.1) is 13.9 Å². The highest BCUT2D eigenvalue weighted by Gasteiger charge is 2.48. The smallest absolute Gasteiger partial charge is 0.0622 e. The third kappa shape index (κ3) is 4.56. The minimum Gasteiger partial charge on any atom is -0.0622 e. The normalized spacial score (nSPS) is 11.8. The Bertz CT molecular complexity index is 1120. The first-order chi connectivity index (χ1) is 16.4. The Kier molecular flexibility index (Phi) is 6.78. The average Bonchev–Trinajstić information content (AvgIpc) is 2.92. The number of rotatable bonds is 7. The molecule has 0 saturated carbocycles. The molecule has 0 aliphatic heterocycles. The minimum atomic E-state index is -1.91. The molecule has 0 heterocycles. The van der Waals surface area contributed by atoms with Crippen LogP contribution in [0, 0.1) is 0 Å². The van der Waals surface area contributed by atoms with Crippen molar-refractivity contribution in [2.24, 2.45) is 0 Å². The molecule has 0 nitrogen and oxygen atoms in total. The lowest BCUT2D eigenvalue weighted by molar-refractivity contribution is 1.16. The van der Waals surface area contributed by atoms with Gasteiger partial charge in [0.25, 0.3) is 0 Å². The van der Waals surface area contributed by atoms with Crippen molar-refractivity contribution in [1.82, 2.24) is 0 Å². The van der Waals surface area contributed by atoms with Crippen LogP contribution in [0.1, 0.15) is 16.8 Å². The van der Waals surface area contributed by atoms with Crippen molar-refractivity contribution in [3.8, 4) is 0 Å². The first-order valence-corrected chi connectivity index (χ1v) is 15.0. The van der Waals surface area contributed by atoms with Gasteiger partial charge in [-0.2, -0.15) is 0 Å². The Morgan fingerprint density at radius 3 is 0.939 bits per heavy atom. The van der Waals surface area contributed by atoms with Crippen LogP contribution in [-0.2, 0) is 0 Å². The van der Waals surface area contributed by atoms with Crippen LogP contribution in [0.4, 0.5) is 0 Å². The lowest BCUT2D eigenvalue weighted by Crippen LogP contribution is -2.28. The molecule has 0 amide bonds. The molecule has 2 heteroatoms. The highest BCUT2D eigenvalue weighted by molar-refractivity contribution is 8.42. The summed E-state index contributed by atoms with van der Waals surface area (Å²) in [5, 5.41) is 4.33. The molecule has 1 unspecified atom stereocenters. The fourth-order valence-corrected chi connectivity index (χ4v) is 13.5. The summed E-state index contributed by atoms with van der Waals surface area (Å²) >= 11 is 0. The van der Waals surface area contributed by atoms with E-state index in [0.717, 1.165) is 0 Å². The maximum absolute atomic E-state index is 2.34. The van der Waals surface area contributed by atoms with Crippen molar-refractivity contribution in [1.29, 1.82) is 0 Å². The van der Waals surface area contributed by atoms with Crippen molar-refractivity contribution in [2.75, 3.05) is 0 Å². The molecule has 0 N–H and O–H groups in total. The maximum atomic E-state index is 2.34. The van der Waals surface area contributed by atoms with E-state index in [1.807, 2.05) is 0 Å². The van der Waals surface area contributed by atoms with E-state index in [1.54, 1.807) is 0 Å². The van der Waals surface area contributed by atoms with Gasteiger partial charge in [-0.05, 0) is 47.5 Å². The molecule has 33 heavy (non-hydrogen) atoms. The maximum Gasteiger partial charge on any atom is 0.128 e. The molecule has 0 spiro atoms. The molecule has 5 aromatic carbocycles. The number of hydrogen-bond acceptors (Lipinski definition) is 0. The lowest BCUT2D eigenvalue weighted by Gasteiger charge is -2.31. The van der Waals surface area contributed by atoms with Gasteiger partial charge in [0.1, 0.15) is 22.9 Å². The van der Waals surface area contributed by atoms with Crippen LogP contribution in [0.15, 0.2) is 152 Å². The van der Waals surface area contributed by atoms with Gasteiger partial charge in [0, 0.05) is 0 Å². The van der Waals surface area contributed by atoms with Crippen LogP contribution >= 0.6 is 15.2 Å². The second-order valence-corrected chi connectivity index (χ2v) is 14.6. The van der Waals surface area contributed by atoms with Crippen LogP contribution in [0.3, 0.4) is 0 Å². The van der Waals surface area contributed by atoms with Gasteiger partial charge in [0.2, 0.25) is 0 Å². The topological polar surface area (TPSA) is 0 Å². The fourth-order valence-electron chi connectivity index (χ4n) is 4.45. The zero-order valence-corrected chi connectivity index (χ0v) is 20.4. The number of hydrogen-bond donors (Lipinski definition) is 0. The molecule has 0 aromatic heterocycles. The third-order valence-corrected chi connectivity index (χ3v) is 14.8. The molecule has 5 aromatic rings. The van der Waals surface area contributed by atoms with Gasteiger partial charge >= 0.3 is 0 Å². The fraction of sp³-hybridized carbons (Fsp3) is 0.0323. The van der Waals surface area contributed by atoms with E-state index in [0.29, 0.717) is 13.9 Å². The Hall–Kier alpha value is -3.04. The van der Waals surface area contributed by atoms with Crippen LogP contribution in [0.5, 0.6) is 0 Å². The third-order valence-electron chi connectivity index (χ3n) is 6.02. The summed E-state index contributed by atoms with van der Waals surface area (Å²) in [6.07, 6.45) is 0. The quantitative estimate of drug-likeness (QED) is 0.222. The molecule has 0 fully saturated rings. The second kappa shape index (κ2) is 10.3. The van der Waals surface area contributed by atoms with E-state index in [9.17, 15) is 0 Å². The summed E-state index contributed by atoms with van der Waals surface area (Å²) in [6, 6.07) is 55.7. The lowest BCUT2D eigenvalue weighted by atomic mass is 10.0. The summed E-state index contributed by atoms with van der Waals surface area (Å²) < 4.78 is 0. The van der Waals surface area contributed by atoms with Crippen molar-refractivity contribution in [3.05, 3.63) is 163 Å². The Labute approximate surface area is 199 Å². The van der Waals surface area contributed by atoms with Crippen molar-refractivity contribution in [2.45, 2.75) is 5.66 Å². The first kappa shape index (κ1) is 21.8. The molecular formula is C31H27P2+. The molecule has 160 valence electrons. The Morgan fingerprint density at radius 1 is 0.364 bits per heavy atom. The van der Waals surface area contributed by atoms with Crippen LogP contribution in [0.2, 0.25) is 0 Å². The first-order valence-electron chi connectivity index (χ1n) is 11.3. The van der Waals surface area contributed by atoms with Gasteiger partial charge in [-0.15, -0.1) is 0 Å². The largest absolute Gasteiger partial charge is 0.128 e. The van der Waals surface area contributed by atoms with E-state index >= 15 is 0 Å². The zero-order chi connectivity index (χ0) is 22.3. The molecular weight excluding hydrogens is 434 g/mol. The van der Waals surface area contributed by atoms with Gasteiger partial charge in [0.15, 0.2) is 0 Å². The van der Waals surface area contributed by atoms with E-state index in [1.165, 1.54) is 27.0 Å². The predicted octanol–water partition coefficient (Wildman–Crippen LogP) is 7.36. The molecule has 0 radical (unpaired) electrons. The molecule has 0 aliphatic rings. The zero-order valence-electron chi connectivity index (χ0n) is 18.5. The molecule has 0 aliphatic carbocycles. The molecule has 5 rings (SSSR count). The Morgan fingerprint density at radius 2 is 0.636 bits per heavy atom. The summed E-state index contributed by atoms with van der Waals surface area (Å²) in [6.45, 7) is -1.91. The van der Waals surface area contributed by atoms with Gasteiger partial charge in [-0.25, -0.2) is 0 Å². The van der Waals surface area contributed by atoms with Crippen molar-refractivity contribution < 1.29 is 0 Å². The van der Waals surface area contributed by atoms with Gasteiger partial charge in [-0.3, -0.25) is 0 Å². The Balaban J connectivity index is 1.78. The summed E-state index contributed by atoms with van der Waals surface area (Å²) in [5.41, 5.74) is 3.09. The van der Waals surface area contributed by atoms with E-state index in [2.05, 4.69) is 152 Å². The second-order valence-electron chi connectivity index (χ2n) is 8.06. The van der Waals surface area contributed by atoms with E-state index in [4.69, 9.17) is 0 Å². The van der Waals surface area contributed by atoms with Crippen LogP contribution in [-0.4, -0.2) is 0 Å². The van der Waals surface area contributed by atoms with Crippen LogP contribution in [0.25, 0.3) is 0 Å². The van der Waals surface area contributed by atoms with E-state index < -0.39 is 6.95 Å². The summed E-state index contributed by atoms with van der Waals surface area (Å²) in [4.78, 5) is 0. The molecule has 0 saturated heterocycles. The highest BCUT2D eigenvalue weighted by Crippen LogP contribution is 2.76. The van der Waals surface area contributed by atoms with Gasteiger partial charge in [-0.1, -0.05) is 115 Å². The van der Waals surface area contributed by atoms with Gasteiger partial charge < -0.3 is 0 Å². The molecule has 1 atom stereocenters. The van der Waals surface area contributed by atoms with Crippen LogP contribution < -0.4 is 15.9 Å². The SMILES string of the molecule is c1ccc(C(P[P+](c2ccccc2)(c2ccccc2)c2ccccc2)c2ccccc2)cc1. The molecule has 0 bridgehead atoms. The summed E-state index contributed by atoms with van der Waals surface area (Å²) in [7, 11) is 0.683. The van der Waals surface area contributed by atoms with Crippen molar-refractivity contribution >= 4 is 31.1 Å². The standard InChI is InChI=1S/C31H27P2/c1-6-16-26(17-7-1)31(27-18-8-2-9-19-27)32-33(28-20-10-3-11-21-28,29-22-12-4-13-23-29)30-24-14-5-15-25-30/h1-25,31-32H/q+1. The highest BCUT2D eigenvalue weighted by atomic mass is 32.1. The van der Waals surface area contributed by atoms with E-state index in [-0.39, 0.29) is 0 Å².